The molecule has 0 radical (unpaired) electrons. The van der Waals surface area contributed by atoms with Crippen LogP contribution >= 0.6 is 0 Å². The highest BCUT2D eigenvalue weighted by molar-refractivity contribution is 6.03. The third kappa shape index (κ3) is 7.80. The number of likely N-dealkylation sites (N-methyl/N-ethyl adjacent to an activating group) is 1. The summed E-state index contributed by atoms with van der Waals surface area (Å²) in [6, 6.07) is 20.2. The Labute approximate surface area is 275 Å². The van der Waals surface area contributed by atoms with E-state index in [9.17, 15) is 32.7 Å². The highest BCUT2D eigenvalue weighted by Crippen LogP contribution is 2.32. The number of nitrogens with one attached hydrogen (secondary N) is 3. The van der Waals surface area contributed by atoms with Crippen molar-refractivity contribution in [1.82, 2.24) is 9.80 Å². The number of halogens is 3. The van der Waals surface area contributed by atoms with Crippen molar-refractivity contribution in [2.45, 2.75) is 32.2 Å². The van der Waals surface area contributed by atoms with E-state index >= 15 is 0 Å². The Morgan fingerprint density at radius 3 is 2.35 bits per heavy atom. The molecule has 0 spiro atoms. The number of aliphatic hydroxyl groups excluding tert-OH is 1. The molecule has 3 atom stereocenters. The first kappa shape index (κ1) is 34.0. The molecule has 0 fully saturated rings. The van der Waals surface area contributed by atoms with E-state index < -0.39 is 35.8 Å². The number of urea groups is 2. The van der Waals surface area contributed by atoms with E-state index in [1.165, 1.54) is 28.0 Å². The van der Waals surface area contributed by atoms with E-state index in [1.54, 1.807) is 14.0 Å². The summed E-state index contributed by atoms with van der Waals surface area (Å²) in [4.78, 5) is 42.8. The van der Waals surface area contributed by atoms with Crippen LogP contribution in [-0.2, 0) is 6.18 Å². The van der Waals surface area contributed by atoms with Crippen LogP contribution in [0.1, 0.15) is 29.8 Å². The number of aliphatic hydroxyl groups is 1. The van der Waals surface area contributed by atoms with Crippen molar-refractivity contribution in [3.63, 3.8) is 0 Å². The van der Waals surface area contributed by atoms with E-state index in [-0.39, 0.29) is 54.3 Å². The molecule has 0 aliphatic carbocycles. The predicted molar refractivity (Wildman–Crippen MR) is 177 cm³/mol. The number of benzene rings is 4. The Balaban J connectivity index is 1.34. The van der Waals surface area contributed by atoms with Crippen molar-refractivity contribution in [2.24, 2.45) is 5.92 Å². The maximum absolute atomic E-state index is 13.8. The van der Waals surface area contributed by atoms with Crippen LogP contribution in [0.5, 0.6) is 5.75 Å². The fourth-order valence-electron chi connectivity index (χ4n) is 5.45. The van der Waals surface area contributed by atoms with Crippen molar-refractivity contribution in [2.75, 3.05) is 42.7 Å². The van der Waals surface area contributed by atoms with Gasteiger partial charge in [0.2, 0.25) is 0 Å². The van der Waals surface area contributed by atoms with Crippen molar-refractivity contribution in [3.05, 3.63) is 96.1 Å². The molecule has 13 heteroatoms. The second-order valence-electron chi connectivity index (χ2n) is 11.8. The first-order valence-corrected chi connectivity index (χ1v) is 15.3. The van der Waals surface area contributed by atoms with Crippen molar-refractivity contribution in [1.29, 1.82) is 0 Å². The third-order valence-electron chi connectivity index (χ3n) is 8.22. The Bertz CT molecular complexity index is 1790. The summed E-state index contributed by atoms with van der Waals surface area (Å²) in [6.45, 7) is 3.71. The number of ether oxygens (including phenoxy) is 1. The topological polar surface area (TPSA) is 123 Å². The van der Waals surface area contributed by atoms with Crippen LogP contribution in [0.4, 0.5) is 39.8 Å². The fourth-order valence-corrected chi connectivity index (χ4v) is 5.45. The number of rotatable bonds is 7. The maximum Gasteiger partial charge on any atom is 0.416 e. The number of alkyl halides is 3. The van der Waals surface area contributed by atoms with Crippen LogP contribution in [0.2, 0.25) is 0 Å². The molecule has 0 saturated heterocycles. The molecule has 1 heterocycles. The number of anilines is 3. The molecule has 4 N–H and O–H groups in total. The summed E-state index contributed by atoms with van der Waals surface area (Å²) >= 11 is 0. The molecule has 5 rings (SSSR count). The predicted octanol–water partition coefficient (Wildman–Crippen LogP) is 6.89. The number of amides is 5. The number of carbonyl (C=O) groups is 3. The number of nitrogens with zero attached hydrogens (tertiary/aromatic N) is 2. The van der Waals surface area contributed by atoms with Crippen LogP contribution < -0.4 is 20.7 Å². The van der Waals surface area contributed by atoms with Crippen molar-refractivity contribution < 1.29 is 37.4 Å². The maximum atomic E-state index is 13.8. The zero-order chi connectivity index (χ0) is 34.6. The van der Waals surface area contributed by atoms with Gasteiger partial charge in [-0.3, -0.25) is 4.79 Å². The lowest BCUT2D eigenvalue weighted by molar-refractivity contribution is -0.137. The Hall–Kier alpha value is -5.30. The van der Waals surface area contributed by atoms with Crippen LogP contribution in [-0.4, -0.2) is 71.8 Å². The molecule has 48 heavy (non-hydrogen) atoms. The highest BCUT2D eigenvalue weighted by atomic mass is 19.4. The Kier molecular flexibility index (Phi) is 10.1. The molecule has 0 bridgehead atoms. The second kappa shape index (κ2) is 14.2. The van der Waals surface area contributed by atoms with E-state index in [1.807, 2.05) is 49.4 Å². The van der Waals surface area contributed by atoms with Gasteiger partial charge in [-0.05, 0) is 60.8 Å². The lowest BCUT2D eigenvalue weighted by Crippen LogP contribution is -2.50. The van der Waals surface area contributed by atoms with Crippen LogP contribution in [0, 0.1) is 5.92 Å². The monoisotopic (exact) mass is 663 g/mol. The molecule has 4 aromatic carbocycles. The van der Waals surface area contributed by atoms with Gasteiger partial charge in [0.15, 0.2) is 0 Å². The lowest BCUT2D eigenvalue weighted by atomic mass is 9.99. The quantitative estimate of drug-likeness (QED) is 0.172. The first-order chi connectivity index (χ1) is 22.8. The van der Waals surface area contributed by atoms with Crippen LogP contribution in [0.25, 0.3) is 10.8 Å². The van der Waals surface area contributed by atoms with Gasteiger partial charge in [0.05, 0.1) is 36.0 Å². The molecule has 4 aromatic rings. The van der Waals surface area contributed by atoms with Gasteiger partial charge in [-0.15, -0.1) is 0 Å². The van der Waals surface area contributed by atoms with Gasteiger partial charge >= 0.3 is 18.2 Å². The van der Waals surface area contributed by atoms with E-state index in [0.717, 1.165) is 35.0 Å². The minimum Gasteiger partial charge on any atom is -0.487 e. The summed E-state index contributed by atoms with van der Waals surface area (Å²) in [7, 11) is 1.65. The highest BCUT2D eigenvalue weighted by Gasteiger charge is 2.34. The largest absolute Gasteiger partial charge is 0.487 e. The fraction of sp³-hybridized carbons (Fsp3) is 0.286. The minimum atomic E-state index is -4.51. The molecule has 1 aliphatic heterocycles. The number of fused-ring (bicyclic) bond motifs is 2. The van der Waals surface area contributed by atoms with Gasteiger partial charge in [-0.25, -0.2) is 9.59 Å². The minimum absolute atomic E-state index is 0.127. The second-order valence-corrected chi connectivity index (χ2v) is 11.8. The summed E-state index contributed by atoms with van der Waals surface area (Å²) < 4.78 is 45.0. The SMILES string of the molecule is C[C@@H]1CN([C@H](C)CO)C(=O)c2cc(NC(=O)Nc3ccc(C(F)(F)F)cc3)ccc2O[C@H]1CN(C)C(=O)Nc1cccc2ccccc12. The van der Waals surface area contributed by atoms with Gasteiger partial charge < -0.3 is 35.6 Å². The summed E-state index contributed by atoms with van der Waals surface area (Å²) in [5.41, 5.74) is 0.308. The average Bonchev–Trinajstić information content (AvgIpc) is 3.06. The van der Waals surface area contributed by atoms with E-state index in [4.69, 9.17) is 4.74 Å². The summed E-state index contributed by atoms with van der Waals surface area (Å²) in [5, 5.41) is 19.9. The molecular formula is C35H36F3N5O5. The van der Waals surface area contributed by atoms with Gasteiger partial charge in [-0.1, -0.05) is 43.3 Å². The molecule has 0 unspecified atom stereocenters. The van der Waals surface area contributed by atoms with E-state index in [2.05, 4.69) is 16.0 Å². The molecule has 5 amide bonds. The van der Waals surface area contributed by atoms with Crippen LogP contribution in [0.3, 0.4) is 0 Å². The summed E-state index contributed by atoms with van der Waals surface area (Å²) in [6.07, 6.45) is -5.07. The molecule has 0 aromatic heterocycles. The zero-order valence-electron chi connectivity index (χ0n) is 26.5. The first-order valence-electron chi connectivity index (χ1n) is 15.3. The third-order valence-corrected chi connectivity index (χ3v) is 8.22. The number of carbonyl (C=O) groups excluding carboxylic acids is 3. The van der Waals surface area contributed by atoms with Gasteiger partial charge in [0.25, 0.3) is 5.91 Å². The van der Waals surface area contributed by atoms with Gasteiger partial charge in [0.1, 0.15) is 11.9 Å². The standard InChI is InChI=1S/C35H36F3N5O5/c1-21-18-43(22(2)20-44)32(45)28-17-26(40-33(46)39-25-13-11-24(12-14-25)35(36,37)38)15-16-30(28)48-31(21)19-42(3)34(47)41-29-10-6-8-23-7-4-5-9-27(23)29/h4-17,21-22,31,44H,18-20H2,1-3H3,(H,41,47)(H2,39,40,46)/t21-,22-,31+/m1/s1. The molecule has 10 nitrogen and oxygen atoms in total. The van der Waals surface area contributed by atoms with Crippen molar-refractivity contribution in [3.8, 4) is 5.75 Å². The summed E-state index contributed by atoms with van der Waals surface area (Å²) in [5.74, 6) is -0.454. The zero-order valence-corrected chi connectivity index (χ0v) is 26.5. The van der Waals surface area contributed by atoms with Gasteiger partial charge in [0, 0.05) is 36.3 Å². The number of hydrogen-bond donors (Lipinski definition) is 4. The Morgan fingerprint density at radius 1 is 0.979 bits per heavy atom. The Morgan fingerprint density at radius 2 is 1.65 bits per heavy atom. The van der Waals surface area contributed by atoms with Gasteiger partial charge in [-0.2, -0.15) is 13.2 Å². The molecular weight excluding hydrogens is 627 g/mol. The lowest BCUT2D eigenvalue weighted by Gasteiger charge is -2.38. The normalized spacial score (nSPS) is 17.0. The molecule has 252 valence electrons. The number of hydrogen-bond acceptors (Lipinski definition) is 5. The van der Waals surface area contributed by atoms with Crippen LogP contribution in [0.15, 0.2) is 84.9 Å². The molecule has 0 saturated carbocycles. The van der Waals surface area contributed by atoms with E-state index in [0.29, 0.717) is 5.69 Å². The average molecular weight is 664 g/mol. The molecule has 1 aliphatic rings. The smallest absolute Gasteiger partial charge is 0.416 e. The van der Waals surface area contributed by atoms with Crippen molar-refractivity contribution >= 4 is 45.8 Å².